The average Bonchev–Trinajstić information content (AvgIpc) is 2.74. The molecular weight excluding hydrogens is 348 g/mol. The van der Waals surface area contributed by atoms with Gasteiger partial charge < -0.3 is 15.0 Å². The topological polar surface area (TPSA) is 40.1 Å². The summed E-state index contributed by atoms with van der Waals surface area (Å²) < 4.78 is 5.47. The van der Waals surface area contributed by atoms with E-state index in [4.69, 9.17) is 9.73 Å². The molecule has 1 fully saturated rings. The minimum absolute atomic E-state index is 0.718. The number of guanidine groups is 1. The minimum atomic E-state index is 0.718. The first-order chi connectivity index (χ1) is 13.7. The molecule has 0 saturated carbocycles. The van der Waals surface area contributed by atoms with Crippen LogP contribution in [0.4, 0.5) is 0 Å². The smallest absolute Gasteiger partial charge is 0.193 e. The Bertz CT molecular complexity index is 562. The Morgan fingerprint density at radius 2 is 1.71 bits per heavy atom. The predicted molar refractivity (Wildman–Crippen MR) is 119 cm³/mol. The van der Waals surface area contributed by atoms with Crippen molar-refractivity contribution >= 4 is 5.96 Å². The zero-order valence-corrected chi connectivity index (χ0v) is 18.4. The van der Waals surface area contributed by atoms with E-state index in [-0.39, 0.29) is 0 Å². The molecule has 1 aliphatic rings. The number of ether oxygens (including phenoxy) is 1. The maximum atomic E-state index is 5.47. The van der Waals surface area contributed by atoms with E-state index in [1.807, 2.05) is 0 Å². The third-order valence-corrected chi connectivity index (χ3v) is 5.65. The van der Waals surface area contributed by atoms with Gasteiger partial charge in [-0.15, -0.1) is 0 Å². The highest BCUT2D eigenvalue weighted by Crippen LogP contribution is 2.18. The van der Waals surface area contributed by atoms with Crippen molar-refractivity contribution < 1.29 is 4.74 Å². The molecule has 28 heavy (non-hydrogen) atoms. The summed E-state index contributed by atoms with van der Waals surface area (Å²) >= 11 is 0. The van der Waals surface area contributed by atoms with E-state index in [9.17, 15) is 0 Å². The summed E-state index contributed by atoms with van der Waals surface area (Å²) in [6.45, 7) is 14.3. The number of hydrogen-bond acceptors (Lipinski definition) is 3. The second-order valence-electron chi connectivity index (χ2n) is 7.71. The van der Waals surface area contributed by atoms with Crippen molar-refractivity contribution in [2.45, 2.75) is 53.1 Å². The van der Waals surface area contributed by atoms with Crippen molar-refractivity contribution in [2.24, 2.45) is 10.9 Å². The van der Waals surface area contributed by atoms with Crippen LogP contribution in [0.15, 0.2) is 29.3 Å². The molecule has 1 N–H and O–H groups in total. The van der Waals surface area contributed by atoms with Crippen LogP contribution in [-0.4, -0.2) is 62.2 Å². The van der Waals surface area contributed by atoms with Gasteiger partial charge in [-0.3, -0.25) is 4.90 Å². The first kappa shape index (κ1) is 22.7. The second-order valence-corrected chi connectivity index (χ2v) is 7.71. The number of nitrogens with zero attached hydrogens (tertiary/aromatic N) is 3. The number of nitrogens with one attached hydrogen (secondary N) is 1. The number of benzene rings is 1. The Labute approximate surface area is 172 Å². The van der Waals surface area contributed by atoms with Crippen molar-refractivity contribution in [2.75, 3.05) is 46.4 Å². The first-order valence-corrected chi connectivity index (χ1v) is 11.0. The number of rotatable bonds is 10. The van der Waals surface area contributed by atoms with Crippen LogP contribution in [0.1, 0.15) is 51.2 Å². The maximum absolute atomic E-state index is 5.47. The highest BCUT2D eigenvalue weighted by Gasteiger charge is 2.15. The predicted octanol–water partition coefficient (Wildman–Crippen LogP) is 3.74. The molecule has 0 spiro atoms. The largest absolute Gasteiger partial charge is 0.381 e. The van der Waals surface area contributed by atoms with Gasteiger partial charge in [0.25, 0.3) is 0 Å². The Hall–Kier alpha value is -1.59. The minimum Gasteiger partial charge on any atom is -0.381 e. The molecule has 0 atom stereocenters. The maximum Gasteiger partial charge on any atom is 0.193 e. The van der Waals surface area contributed by atoms with Gasteiger partial charge in [-0.2, -0.15) is 0 Å². The molecule has 0 unspecified atom stereocenters. The van der Waals surface area contributed by atoms with Crippen LogP contribution in [0.3, 0.4) is 0 Å². The number of hydrogen-bond donors (Lipinski definition) is 1. The fourth-order valence-electron chi connectivity index (χ4n) is 3.61. The third kappa shape index (κ3) is 7.80. The van der Waals surface area contributed by atoms with E-state index in [0.29, 0.717) is 0 Å². The molecular formula is C23H40N4O. The lowest BCUT2D eigenvalue weighted by atomic mass is 9.96. The molecule has 1 aromatic carbocycles. The van der Waals surface area contributed by atoms with Gasteiger partial charge in [0, 0.05) is 39.9 Å². The van der Waals surface area contributed by atoms with Gasteiger partial charge in [0.1, 0.15) is 0 Å². The van der Waals surface area contributed by atoms with Gasteiger partial charge in [0.2, 0.25) is 0 Å². The quantitative estimate of drug-likeness (QED) is 0.490. The fraction of sp³-hybridized carbons (Fsp3) is 0.696. The molecule has 5 nitrogen and oxygen atoms in total. The van der Waals surface area contributed by atoms with E-state index in [0.717, 1.165) is 64.4 Å². The van der Waals surface area contributed by atoms with Crippen LogP contribution in [-0.2, 0) is 17.8 Å². The molecule has 0 bridgehead atoms. The van der Waals surface area contributed by atoms with E-state index in [2.05, 4.69) is 67.2 Å². The lowest BCUT2D eigenvalue weighted by molar-refractivity contribution is 0.0625. The Morgan fingerprint density at radius 1 is 1.07 bits per heavy atom. The van der Waals surface area contributed by atoms with Crippen molar-refractivity contribution in [3.8, 4) is 0 Å². The highest BCUT2D eigenvalue weighted by atomic mass is 16.5. The monoisotopic (exact) mass is 388 g/mol. The molecule has 0 amide bonds. The summed E-state index contributed by atoms with van der Waals surface area (Å²) in [5.74, 6) is 1.79. The zero-order chi connectivity index (χ0) is 20.2. The van der Waals surface area contributed by atoms with E-state index >= 15 is 0 Å². The van der Waals surface area contributed by atoms with E-state index in [1.165, 1.54) is 30.4 Å². The summed E-state index contributed by atoms with van der Waals surface area (Å²) in [5.41, 5.74) is 2.63. The summed E-state index contributed by atoms with van der Waals surface area (Å²) in [4.78, 5) is 9.57. The molecule has 2 rings (SSSR count). The molecule has 1 heterocycles. The highest BCUT2D eigenvalue weighted by molar-refractivity contribution is 5.79. The molecule has 1 saturated heterocycles. The Morgan fingerprint density at radius 3 is 2.32 bits per heavy atom. The molecule has 1 aliphatic heterocycles. The summed E-state index contributed by atoms with van der Waals surface area (Å²) in [6.07, 6.45) is 3.60. The van der Waals surface area contributed by atoms with Gasteiger partial charge in [-0.05, 0) is 56.3 Å². The molecule has 0 aliphatic carbocycles. The van der Waals surface area contributed by atoms with Gasteiger partial charge in [0.05, 0.1) is 6.54 Å². The van der Waals surface area contributed by atoms with Gasteiger partial charge >= 0.3 is 0 Å². The SMILES string of the molecule is CCNC(=NCc1ccc(CN(CC)CC)cc1)N(C)CCC1CCOCC1. The Balaban J connectivity index is 1.87. The van der Waals surface area contributed by atoms with Crippen LogP contribution in [0.5, 0.6) is 0 Å². The molecule has 5 heteroatoms. The lowest BCUT2D eigenvalue weighted by Gasteiger charge is -2.26. The lowest BCUT2D eigenvalue weighted by Crippen LogP contribution is -2.40. The van der Waals surface area contributed by atoms with Crippen LogP contribution < -0.4 is 5.32 Å². The normalized spacial score (nSPS) is 15.8. The van der Waals surface area contributed by atoms with Crippen LogP contribution in [0, 0.1) is 5.92 Å². The van der Waals surface area contributed by atoms with Gasteiger partial charge in [-0.25, -0.2) is 4.99 Å². The molecule has 0 aromatic heterocycles. The van der Waals surface area contributed by atoms with Crippen LogP contribution in [0.25, 0.3) is 0 Å². The van der Waals surface area contributed by atoms with E-state index in [1.54, 1.807) is 0 Å². The van der Waals surface area contributed by atoms with Crippen molar-refractivity contribution in [1.82, 2.24) is 15.1 Å². The molecule has 0 radical (unpaired) electrons. The summed E-state index contributed by atoms with van der Waals surface area (Å²) in [7, 11) is 2.15. The first-order valence-electron chi connectivity index (χ1n) is 11.0. The van der Waals surface area contributed by atoms with Crippen LogP contribution >= 0.6 is 0 Å². The van der Waals surface area contributed by atoms with Crippen molar-refractivity contribution in [3.05, 3.63) is 35.4 Å². The zero-order valence-electron chi connectivity index (χ0n) is 18.4. The Kier molecular flexibility index (Phi) is 10.4. The summed E-state index contributed by atoms with van der Waals surface area (Å²) in [6, 6.07) is 8.91. The van der Waals surface area contributed by atoms with Crippen molar-refractivity contribution in [1.29, 1.82) is 0 Å². The van der Waals surface area contributed by atoms with Crippen molar-refractivity contribution in [3.63, 3.8) is 0 Å². The standard InChI is InChI=1S/C23H40N4O/c1-5-24-23(26(4)15-12-20-13-16-28-17-14-20)25-18-21-8-10-22(11-9-21)19-27(6-2)7-3/h8-11,20H,5-7,12-19H2,1-4H3,(H,24,25). The average molecular weight is 389 g/mol. The molecule has 1 aromatic rings. The third-order valence-electron chi connectivity index (χ3n) is 5.65. The second kappa shape index (κ2) is 12.8. The fourth-order valence-corrected chi connectivity index (χ4v) is 3.61. The van der Waals surface area contributed by atoms with Gasteiger partial charge in [-0.1, -0.05) is 38.1 Å². The number of aliphatic imine (C=N–C) groups is 1. The van der Waals surface area contributed by atoms with Crippen LogP contribution in [0.2, 0.25) is 0 Å². The molecule has 158 valence electrons. The van der Waals surface area contributed by atoms with Gasteiger partial charge in [0.15, 0.2) is 5.96 Å². The van der Waals surface area contributed by atoms with E-state index < -0.39 is 0 Å². The summed E-state index contributed by atoms with van der Waals surface area (Å²) in [5, 5.41) is 3.44.